The maximum absolute atomic E-state index is 12.7. The molecule has 0 spiro atoms. The molecular weight excluding hydrogens is 400 g/mol. The van der Waals surface area contributed by atoms with Crippen molar-refractivity contribution in [3.8, 4) is 0 Å². The van der Waals surface area contributed by atoms with Crippen molar-refractivity contribution < 1.29 is 9.59 Å². The second kappa shape index (κ2) is 9.59. The van der Waals surface area contributed by atoms with Gasteiger partial charge in [0.05, 0.1) is 11.2 Å². The molecule has 4 rings (SSSR count). The van der Waals surface area contributed by atoms with Crippen LogP contribution < -0.4 is 0 Å². The molecule has 2 heterocycles. The van der Waals surface area contributed by atoms with Gasteiger partial charge >= 0.3 is 0 Å². The average Bonchev–Trinajstić information content (AvgIpc) is 3.17. The average molecular weight is 425 g/mol. The predicted octanol–water partition coefficient (Wildman–Crippen LogP) is 3.85. The molecule has 0 radical (unpaired) electrons. The fraction of sp³-hybridized carbons (Fsp3) is 0.261. The minimum Gasteiger partial charge on any atom is -0.339 e. The third kappa shape index (κ3) is 4.54. The zero-order valence-electron chi connectivity index (χ0n) is 16.9. The number of fused-ring (bicyclic) bond motifs is 1. The molecule has 1 N–H and O–H groups in total. The highest BCUT2D eigenvalue weighted by Gasteiger charge is 2.27. The van der Waals surface area contributed by atoms with E-state index in [0.29, 0.717) is 18.7 Å². The van der Waals surface area contributed by atoms with Gasteiger partial charge in [0, 0.05) is 30.6 Å². The van der Waals surface area contributed by atoms with E-state index in [4.69, 9.17) is 0 Å². The van der Waals surface area contributed by atoms with Gasteiger partial charge < -0.3 is 9.80 Å². The summed E-state index contributed by atoms with van der Waals surface area (Å²) in [5.41, 5.74) is 3.47. The van der Waals surface area contributed by atoms with E-state index in [2.05, 4.69) is 17.1 Å². The summed E-state index contributed by atoms with van der Waals surface area (Å²) in [6.07, 6.45) is 4.87. The van der Waals surface area contributed by atoms with Crippen LogP contribution >= 0.6 is 12.4 Å². The third-order valence-corrected chi connectivity index (χ3v) is 5.19. The van der Waals surface area contributed by atoms with E-state index in [1.807, 2.05) is 65.6 Å². The predicted molar refractivity (Wildman–Crippen MR) is 121 cm³/mol. The molecule has 0 unspecified atom stereocenters. The normalized spacial score (nSPS) is 14.4. The largest absolute Gasteiger partial charge is 0.339 e. The van der Waals surface area contributed by atoms with Crippen molar-refractivity contribution in [2.75, 3.05) is 26.2 Å². The Balaban J connectivity index is 0.00000256. The fourth-order valence-corrected chi connectivity index (χ4v) is 3.59. The summed E-state index contributed by atoms with van der Waals surface area (Å²) in [6.45, 7) is 4.16. The number of amides is 2. The highest BCUT2D eigenvalue weighted by molar-refractivity contribution is 5.97. The van der Waals surface area contributed by atoms with Gasteiger partial charge in [-0.15, -0.1) is 12.4 Å². The Kier molecular flexibility index (Phi) is 6.90. The van der Waals surface area contributed by atoms with Crippen molar-refractivity contribution >= 4 is 47.3 Å². The van der Waals surface area contributed by atoms with E-state index in [9.17, 15) is 9.59 Å². The standard InChI is InChI=1S/C23H24N4O2.ClH/c1-2-13-26-14-15-27(16-22(26)28)23(29)18-10-7-17(8-11-18)9-12-21-19-5-3-4-6-20(19)24-25-21;/h3-12H,2,13-16H2,1H3,(H,24,25);1H. The third-order valence-electron chi connectivity index (χ3n) is 5.19. The Morgan fingerprint density at radius 2 is 1.87 bits per heavy atom. The lowest BCUT2D eigenvalue weighted by atomic mass is 10.1. The van der Waals surface area contributed by atoms with E-state index in [0.717, 1.165) is 35.1 Å². The molecule has 2 amide bonds. The van der Waals surface area contributed by atoms with Gasteiger partial charge in [-0.2, -0.15) is 5.10 Å². The van der Waals surface area contributed by atoms with Crippen LogP contribution in [0, 0.1) is 0 Å². The van der Waals surface area contributed by atoms with Gasteiger partial charge in [-0.25, -0.2) is 0 Å². The summed E-state index contributed by atoms with van der Waals surface area (Å²) in [7, 11) is 0. The molecule has 1 aliphatic rings. The molecule has 7 heteroatoms. The lowest BCUT2D eigenvalue weighted by Gasteiger charge is -2.34. The lowest BCUT2D eigenvalue weighted by molar-refractivity contribution is -0.135. The number of para-hydroxylation sites is 1. The van der Waals surface area contributed by atoms with Crippen LogP contribution in [0.3, 0.4) is 0 Å². The van der Waals surface area contributed by atoms with Crippen molar-refractivity contribution in [1.82, 2.24) is 20.0 Å². The summed E-state index contributed by atoms with van der Waals surface area (Å²) >= 11 is 0. The van der Waals surface area contributed by atoms with Crippen LogP contribution in [0.4, 0.5) is 0 Å². The van der Waals surface area contributed by atoms with E-state index >= 15 is 0 Å². The van der Waals surface area contributed by atoms with Crippen molar-refractivity contribution in [3.63, 3.8) is 0 Å². The molecule has 0 bridgehead atoms. The number of halogens is 1. The number of aromatic nitrogens is 2. The van der Waals surface area contributed by atoms with Crippen molar-refractivity contribution in [2.24, 2.45) is 0 Å². The minimum atomic E-state index is -0.0941. The molecule has 1 aliphatic heterocycles. The minimum absolute atomic E-state index is 0. The number of benzene rings is 2. The second-order valence-corrected chi connectivity index (χ2v) is 7.22. The van der Waals surface area contributed by atoms with E-state index < -0.39 is 0 Å². The first kappa shape index (κ1) is 21.6. The van der Waals surface area contributed by atoms with E-state index in [1.54, 1.807) is 4.90 Å². The van der Waals surface area contributed by atoms with E-state index in [1.165, 1.54) is 0 Å². The maximum Gasteiger partial charge on any atom is 0.254 e. The molecule has 1 aromatic heterocycles. The summed E-state index contributed by atoms with van der Waals surface area (Å²) < 4.78 is 0. The fourth-order valence-electron chi connectivity index (χ4n) is 3.59. The second-order valence-electron chi connectivity index (χ2n) is 7.22. The van der Waals surface area contributed by atoms with Gasteiger partial charge in [-0.3, -0.25) is 14.7 Å². The van der Waals surface area contributed by atoms with Gasteiger partial charge in [0.1, 0.15) is 6.54 Å². The number of aromatic amines is 1. The maximum atomic E-state index is 12.7. The molecule has 2 aromatic carbocycles. The number of hydrogen-bond acceptors (Lipinski definition) is 3. The number of nitrogens with one attached hydrogen (secondary N) is 1. The SMILES string of the molecule is CCCN1CCN(C(=O)c2ccc(C=Cc3n[nH]c4ccccc34)cc2)CC1=O.Cl. The number of carbonyl (C=O) groups is 2. The smallest absolute Gasteiger partial charge is 0.254 e. The highest BCUT2D eigenvalue weighted by Crippen LogP contribution is 2.18. The van der Waals surface area contributed by atoms with E-state index in [-0.39, 0.29) is 30.8 Å². The van der Waals surface area contributed by atoms with Crippen molar-refractivity contribution in [2.45, 2.75) is 13.3 Å². The number of nitrogens with zero attached hydrogens (tertiary/aromatic N) is 3. The van der Waals surface area contributed by atoms with Gasteiger partial charge in [0.15, 0.2) is 0 Å². The molecule has 3 aromatic rings. The van der Waals surface area contributed by atoms with Crippen LogP contribution in [0.1, 0.15) is 35.0 Å². The first-order valence-corrected chi connectivity index (χ1v) is 9.94. The van der Waals surface area contributed by atoms with Gasteiger partial charge in [-0.05, 0) is 36.3 Å². The first-order chi connectivity index (χ1) is 14.2. The Morgan fingerprint density at radius 1 is 1.10 bits per heavy atom. The van der Waals surface area contributed by atoms with Gasteiger partial charge in [0.25, 0.3) is 5.91 Å². The van der Waals surface area contributed by atoms with Crippen molar-refractivity contribution in [3.05, 3.63) is 65.4 Å². The zero-order chi connectivity index (χ0) is 20.2. The van der Waals surface area contributed by atoms with Crippen LogP contribution in [0.5, 0.6) is 0 Å². The molecule has 156 valence electrons. The molecule has 0 aliphatic carbocycles. The Labute approximate surface area is 182 Å². The monoisotopic (exact) mass is 424 g/mol. The number of piperazine rings is 1. The summed E-state index contributed by atoms with van der Waals surface area (Å²) in [4.78, 5) is 28.4. The Morgan fingerprint density at radius 3 is 2.60 bits per heavy atom. The molecule has 0 saturated carbocycles. The van der Waals surface area contributed by atoms with Gasteiger partial charge in [0.2, 0.25) is 5.91 Å². The molecule has 1 saturated heterocycles. The number of rotatable bonds is 5. The number of hydrogen-bond donors (Lipinski definition) is 1. The van der Waals surface area contributed by atoms with Crippen LogP contribution in [-0.4, -0.2) is 58.0 Å². The lowest BCUT2D eigenvalue weighted by Crippen LogP contribution is -2.52. The topological polar surface area (TPSA) is 69.3 Å². The van der Waals surface area contributed by atoms with Crippen LogP contribution in [0.2, 0.25) is 0 Å². The van der Waals surface area contributed by atoms with Crippen LogP contribution in [0.25, 0.3) is 23.1 Å². The Hall–Kier alpha value is -3.12. The molecule has 6 nitrogen and oxygen atoms in total. The van der Waals surface area contributed by atoms with Crippen molar-refractivity contribution in [1.29, 1.82) is 0 Å². The molecule has 30 heavy (non-hydrogen) atoms. The van der Waals surface area contributed by atoms with Gasteiger partial charge in [-0.1, -0.05) is 43.3 Å². The number of carbonyl (C=O) groups excluding carboxylic acids is 2. The number of H-pyrrole nitrogens is 1. The Bertz CT molecular complexity index is 1060. The molecule has 0 atom stereocenters. The quantitative estimate of drug-likeness (QED) is 0.676. The van der Waals surface area contributed by atoms with Crippen LogP contribution in [-0.2, 0) is 4.79 Å². The molecular formula is C23H25ClN4O2. The first-order valence-electron chi connectivity index (χ1n) is 9.94. The summed E-state index contributed by atoms with van der Waals surface area (Å²) in [5, 5.41) is 8.42. The molecule has 1 fully saturated rings. The summed E-state index contributed by atoms with van der Waals surface area (Å²) in [6, 6.07) is 15.4. The summed E-state index contributed by atoms with van der Waals surface area (Å²) in [5.74, 6) is -0.0689. The highest BCUT2D eigenvalue weighted by atomic mass is 35.5. The van der Waals surface area contributed by atoms with Crippen LogP contribution in [0.15, 0.2) is 48.5 Å². The zero-order valence-corrected chi connectivity index (χ0v) is 17.7.